The SMILES string of the molecule is NCc1ccc(CCNCc2nonc2C(=Nc2ccc(F)c(Cl)c2)NO)cc1. The number of hydrogen-bond acceptors (Lipinski definition) is 7. The molecule has 1 aromatic heterocycles. The van der Waals surface area contributed by atoms with Crippen LogP contribution in [0.4, 0.5) is 10.1 Å². The molecule has 0 aliphatic carbocycles. The first-order valence-electron chi connectivity index (χ1n) is 8.85. The van der Waals surface area contributed by atoms with Crippen molar-refractivity contribution in [3.63, 3.8) is 0 Å². The molecule has 0 atom stereocenters. The molecule has 8 nitrogen and oxygen atoms in total. The summed E-state index contributed by atoms with van der Waals surface area (Å²) in [4.78, 5) is 4.18. The molecule has 152 valence electrons. The van der Waals surface area contributed by atoms with Gasteiger partial charge in [-0.2, -0.15) is 0 Å². The van der Waals surface area contributed by atoms with Gasteiger partial charge in [0.2, 0.25) is 0 Å². The normalized spacial score (nSPS) is 11.7. The molecule has 0 aliphatic heterocycles. The van der Waals surface area contributed by atoms with Gasteiger partial charge in [0.1, 0.15) is 11.5 Å². The van der Waals surface area contributed by atoms with Crippen molar-refractivity contribution < 1.29 is 14.2 Å². The maximum Gasteiger partial charge on any atom is 0.182 e. The number of aliphatic imine (C=N–C) groups is 1. The Balaban J connectivity index is 1.62. The molecule has 5 N–H and O–H groups in total. The lowest BCUT2D eigenvalue weighted by atomic mass is 10.1. The molecule has 0 saturated heterocycles. The Kier molecular flexibility index (Phi) is 7.25. The van der Waals surface area contributed by atoms with Crippen LogP contribution in [0.3, 0.4) is 0 Å². The highest BCUT2D eigenvalue weighted by Crippen LogP contribution is 2.22. The molecule has 10 heteroatoms. The van der Waals surface area contributed by atoms with Crippen molar-refractivity contribution in [2.45, 2.75) is 19.5 Å². The Bertz CT molecular complexity index is 977. The quantitative estimate of drug-likeness (QED) is 0.192. The third kappa shape index (κ3) is 5.58. The lowest BCUT2D eigenvalue weighted by Crippen LogP contribution is -2.24. The van der Waals surface area contributed by atoms with Gasteiger partial charge in [-0.25, -0.2) is 14.0 Å². The van der Waals surface area contributed by atoms with Gasteiger partial charge in [0.15, 0.2) is 11.5 Å². The second-order valence-electron chi connectivity index (χ2n) is 6.18. The van der Waals surface area contributed by atoms with Crippen molar-refractivity contribution in [1.29, 1.82) is 0 Å². The van der Waals surface area contributed by atoms with Crippen LogP contribution in [0.15, 0.2) is 52.1 Å². The molecule has 29 heavy (non-hydrogen) atoms. The van der Waals surface area contributed by atoms with Gasteiger partial charge in [0.25, 0.3) is 0 Å². The number of benzene rings is 2. The third-order valence-corrected chi connectivity index (χ3v) is 4.46. The molecule has 0 bridgehead atoms. The first-order valence-corrected chi connectivity index (χ1v) is 9.22. The van der Waals surface area contributed by atoms with Crippen LogP contribution in [0.5, 0.6) is 0 Å². The smallest absolute Gasteiger partial charge is 0.182 e. The van der Waals surface area contributed by atoms with E-state index in [1.54, 1.807) is 0 Å². The summed E-state index contributed by atoms with van der Waals surface area (Å²) in [6, 6.07) is 12.0. The summed E-state index contributed by atoms with van der Waals surface area (Å²) in [5, 5.41) is 20.2. The monoisotopic (exact) mass is 418 g/mol. The zero-order valence-electron chi connectivity index (χ0n) is 15.4. The maximum absolute atomic E-state index is 13.3. The van der Waals surface area contributed by atoms with Crippen molar-refractivity contribution in [3.05, 3.63) is 75.8 Å². The first-order chi connectivity index (χ1) is 14.1. The fourth-order valence-electron chi connectivity index (χ4n) is 2.60. The largest absolute Gasteiger partial charge is 0.326 e. The van der Waals surface area contributed by atoms with E-state index in [0.29, 0.717) is 31.0 Å². The molecule has 0 aliphatic rings. The Labute approximate surface area is 171 Å². The van der Waals surface area contributed by atoms with Crippen LogP contribution >= 0.6 is 11.6 Å². The van der Waals surface area contributed by atoms with Gasteiger partial charge in [-0.05, 0) is 47.4 Å². The number of rotatable bonds is 8. The number of hydroxylamine groups is 1. The number of nitrogens with two attached hydrogens (primary N) is 1. The van der Waals surface area contributed by atoms with Gasteiger partial charge in [-0.3, -0.25) is 10.7 Å². The number of aromatic nitrogens is 2. The van der Waals surface area contributed by atoms with Crippen molar-refractivity contribution in [2.24, 2.45) is 10.7 Å². The Morgan fingerprint density at radius 1 is 1.17 bits per heavy atom. The van der Waals surface area contributed by atoms with Gasteiger partial charge < -0.3 is 11.1 Å². The summed E-state index contributed by atoms with van der Waals surface area (Å²) in [6.45, 7) is 1.57. The predicted octanol–water partition coefficient (Wildman–Crippen LogP) is 2.71. The molecular formula is C19H20ClFN6O2. The summed E-state index contributed by atoms with van der Waals surface area (Å²) in [7, 11) is 0. The molecule has 0 spiro atoms. The lowest BCUT2D eigenvalue weighted by molar-refractivity contribution is 0.234. The fraction of sp³-hybridized carbons (Fsp3) is 0.211. The number of nitrogens with zero attached hydrogens (tertiary/aromatic N) is 3. The Hall–Kier alpha value is -2.85. The molecular weight excluding hydrogens is 399 g/mol. The van der Waals surface area contributed by atoms with Crippen molar-refractivity contribution in [2.75, 3.05) is 6.54 Å². The van der Waals surface area contributed by atoms with E-state index in [-0.39, 0.29) is 16.6 Å². The summed E-state index contributed by atoms with van der Waals surface area (Å²) < 4.78 is 18.1. The number of nitrogens with one attached hydrogen (secondary N) is 2. The van der Waals surface area contributed by atoms with E-state index < -0.39 is 5.82 Å². The number of amidine groups is 1. The van der Waals surface area contributed by atoms with Crippen LogP contribution in [0.25, 0.3) is 0 Å². The van der Waals surface area contributed by atoms with Crippen LogP contribution in [-0.2, 0) is 19.5 Å². The molecule has 0 amide bonds. The van der Waals surface area contributed by atoms with Crippen molar-refractivity contribution in [3.8, 4) is 0 Å². The average Bonchev–Trinajstić information content (AvgIpc) is 3.20. The predicted molar refractivity (Wildman–Crippen MR) is 107 cm³/mol. The van der Waals surface area contributed by atoms with E-state index >= 15 is 0 Å². The maximum atomic E-state index is 13.3. The zero-order valence-corrected chi connectivity index (χ0v) is 16.2. The number of halogens is 2. The van der Waals surface area contributed by atoms with Crippen LogP contribution in [0.2, 0.25) is 5.02 Å². The van der Waals surface area contributed by atoms with Crippen LogP contribution in [-0.4, -0.2) is 27.9 Å². The summed E-state index contributed by atoms with van der Waals surface area (Å²) >= 11 is 5.76. The minimum absolute atomic E-state index is 0.00287. The Morgan fingerprint density at radius 3 is 2.62 bits per heavy atom. The number of hydrogen-bond donors (Lipinski definition) is 4. The van der Waals surface area contributed by atoms with E-state index in [1.165, 1.54) is 23.8 Å². The molecule has 3 aromatic rings. The highest BCUT2D eigenvalue weighted by molar-refractivity contribution is 6.31. The Morgan fingerprint density at radius 2 is 1.93 bits per heavy atom. The minimum atomic E-state index is -0.560. The zero-order chi connectivity index (χ0) is 20.6. The molecule has 1 heterocycles. The summed E-state index contributed by atoms with van der Waals surface area (Å²) in [5.41, 5.74) is 10.8. The van der Waals surface area contributed by atoms with E-state index in [1.807, 2.05) is 29.7 Å². The van der Waals surface area contributed by atoms with Gasteiger partial charge in [-0.1, -0.05) is 41.0 Å². The summed E-state index contributed by atoms with van der Waals surface area (Å²) in [6.07, 6.45) is 0.818. The van der Waals surface area contributed by atoms with E-state index in [9.17, 15) is 9.60 Å². The first kappa shape index (κ1) is 20.9. The van der Waals surface area contributed by atoms with Crippen LogP contribution in [0.1, 0.15) is 22.5 Å². The molecule has 2 aromatic carbocycles. The third-order valence-electron chi connectivity index (χ3n) is 4.17. The van der Waals surface area contributed by atoms with Gasteiger partial charge in [0, 0.05) is 13.1 Å². The lowest BCUT2D eigenvalue weighted by Gasteiger charge is -2.06. The van der Waals surface area contributed by atoms with Crippen LogP contribution < -0.4 is 16.5 Å². The molecule has 3 rings (SSSR count). The standard InChI is InChI=1S/C19H20ClFN6O2/c20-15-9-14(5-6-16(15)21)24-19(25-28)18-17(26-29-27-18)11-23-8-7-12-1-3-13(10-22)4-2-12/h1-6,9,23,28H,7-8,10-11,22H2,(H,24,25). The molecule has 0 fully saturated rings. The van der Waals surface area contributed by atoms with E-state index in [4.69, 9.17) is 22.0 Å². The highest BCUT2D eigenvalue weighted by Gasteiger charge is 2.16. The molecule has 0 radical (unpaired) electrons. The van der Waals surface area contributed by atoms with Gasteiger partial charge in [0.05, 0.1) is 10.7 Å². The van der Waals surface area contributed by atoms with E-state index in [2.05, 4.69) is 20.6 Å². The summed E-state index contributed by atoms with van der Waals surface area (Å²) in [5.74, 6) is -0.558. The van der Waals surface area contributed by atoms with Gasteiger partial charge >= 0.3 is 0 Å². The second kappa shape index (κ2) is 10.1. The molecule has 0 saturated carbocycles. The van der Waals surface area contributed by atoms with Crippen molar-refractivity contribution in [1.82, 2.24) is 21.1 Å². The highest BCUT2D eigenvalue weighted by atomic mass is 35.5. The van der Waals surface area contributed by atoms with Gasteiger partial charge in [-0.15, -0.1) is 0 Å². The molecule has 0 unspecified atom stereocenters. The van der Waals surface area contributed by atoms with Crippen LogP contribution in [0, 0.1) is 5.82 Å². The minimum Gasteiger partial charge on any atom is -0.326 e. The fourth-order valence-corrected chi connectivity index (χ4v) is 2.77. The second-order valence-corrected chi connectivity index (χ2v) is 6.58. The van der Waals surface area contributed by atoms with Crippen molar-refractivity contribution >= 4 is 23.1 Å². The topological polar surface area (TPSA) is 122 Å². The average molecular weight is 419 g/mol. The van der Waals surface area contributed by atoms with E-state index in [0.717, 1.165) is 12.0 Å².